The second kappa shape index (κ2) is 7.30. The van der Waals surface area contributed by atoms with Crippen LogP contribution >= 0.6 is 0 Å². The van der Waals surface area contributed by atoms with Crippen molar-refractivity contribution in [2.75, 3.05) is 18.0 Å². The van der Waals surface area contributed by atoms with E-state index in [4.69, 9.17) is 14.5 Å². The van der Waals surface area contributed by atoms with E-state index in [2.05, 4.69) is 10.2 Å². The molecule has 0 radical (unpaired) electrons. The van der Waals surface area contributed by atoms with Gasteiger partial charge in [-0.15, -0.1) is 0 Å². The number of hydrogen-bond acceptors (Lipinski definition) is 5. The monoisotopic (exact) mass is 379 g/mol. The number of furan rings is 1. The molecule has 1 aliphatic heterocycles. The molecule has 3 aromatic heterocycles. The Morgan fingerprint density at radius 2 is 2.21 bits per heavy atom. The Bertz CT molecular complexity index is 978. The zero-order valence-corrected chi connectivity index (χ0v) is 15.9. The fourth-order valence-corrected chi connectivity index (χ4v) is 4.49. The minimum Gasteiger partial charge on any atom is -0.467 e. The summed E-state index contributed by atoms with van der Waals surface area (Å²) in [5, 5.41) is 7.79. The molecular weight excluding hydrogens is 354 g/mol. The molecule has 7 heteroatoms. The average molecular weight is 379 g/mol. The predicted molar refractivity (Wildman–Crippen MR) is 105 cm³/mol. The molecule has 1 N–H and O–H groups in total. The lowest BCUT2D eigenvalue weighted by atomic mass is 9.95. The number of carbonyl (C=O) groups excluding carboxylic acids is 1. The van der Waals surface area contributed by atoms with Crippen molar-refractivity contribution in [3.8, 4) is 0 Å². The van der Waals surface area contributed by atoms with Crippen molar-refractivity contribution in [1.82, 2.24) is 19.9 Å². The van der Waals surface area contributed by atoms with Crippen molar-refractivity contribution in [1.29, 1.82) is 0 Å². The number of amides is 1. The lowest BCUT2D eigenvalue weighted by molar-refractivity contribution is -0.125. The van der Waals surface area contributed by atoms with E-state index in [1.807, 2.05) is 29.0 Å². The highest BCUT2D eigenvalue weighted by Crippen LogP contribution is 2.32. The third kappa shape index (κ3) is 3.15. The summed E-state index contributed by atoms with van der Waals surface area (Å²) in [6.45, 7) is 2.05. The Labute approximate surface area is 163 Å². The number of piperidine rings is 1. The summed E-state index contributed by atoms with van der Waals surface area (Å²) in [6.07, 6.45) is 11.8. The standard InChI is InChI=1S/C21H25N5O2/c27-21(23-13-16-6-4-12-28-16)15-5-3-10-25(14-15)20-19-17-7-1-2-8-18(17)24-26(19)11-9-22-20/h4,6,9,11-12,15H,1-3,5,7-8,10,13-14H2,(H,23,27)/t15-/m0/s1. The van der Waals surface area contributed by atoms with Crippen molar-refractivity contribution in [3.63, 3.8) is 0 Å². The van der Waals surface area contributed by atoms with Gasteiger partial charge in [0.05, 0.1) is 24.4 Å². The molecule has 28 heavy (non-hydrogen) atoms. The van der Waals surface area contributed by atoms with Crippen LogP contribution in [0.4, 0.5) is 5.82 Å². The van der Waals surface area contributed by atoms with Crippen LogP contribution in [0.25, 0.3) is 5.52 Å². The van der Waals surface area contributed by atoms with Crippen LogP contribution in [0.2, 0.25) is 0 Å². The highest BCUT2D eigenvalue weighted by molar-refractivity contribution is 5.80. The normalized spacial score (nSPS) is 19.6. The van der Waals surface area contributed by atoms with Gasteiger partial charge in [0.15, 0.2) is 5.82 Å². The first-order valence-electron chi connectivity index (χ1n) is 10.2. The molecule has 0 spiro atoms. The molecule has 7 nitrogen and oxygen atoms in total. The molecular formula is C21H25N5O2. The highest BCUT2D eigenvalue weighted by atomic mass is 16.3. The molecule has 146 valence electrons. The van der Waals surface area contributed by atoms with Gasteiger partial charge in [0.25, 0.3) is 0 Å². The van der Waals surface area contributed by atoms with Crippen LogP contribution in [0.1, 0.15) is 42.7 Å². The summed E-state index contributed by atoms with van der Waals surface area (Å²) < 4.78 is 7.29. The second-order valence-electron chi connectivity index (χ2n) is 7.76. The van der Waals surface area contributed by atoms with Gasteiger partial charge in [0, 0.05) is 31.0 Å². The molecule has 1 amide bonds. The summed E-state index contributed by atoms with van der Waals surface area (Å²) in [5.41, 5.74) is 3.69. The van der Waals surface area contributed by atoms with E-state index in [-0.39, 0.29) is 11.8 Å². The van der Waals surface area contributed by atoms with Crippen LogP contribution in [0.3, 0.4) is 0 Å². The minimum atomic E-state index is -0.0375. The summed E-state index contributed by atoms with van der Waals surface area (Å²) in [6, 6.07) is 3.71. The third-order valence-corrected chi connectivity index (χ3v) is 5.91. The maximum Gasteiger partial charge on any atom is 0.225 e. The van der Waals surface area contributed by atoms with Crippen LogP contribution < -0.4 is 10.2 Å². The topological polar surface area (TPSA) is 75.7 Å². The number of nitrogens with one attached hydrogen (secondary N) is 1. The maximum absolute atomic E-state index is 12.7. The molecule has 1 fully saturated rings. The number of hydrogen-bond donors (Lipinski definition) is 1. The second-order valence-corrected chi connectivity index (χ2v) is 7.76. The molecule has 1 aliphatic carbocycles. The van der Waals surface area contributed by atoms with E-state index in [9.17, 15) is 4.79 Å². The molecule has 0 saturated carbocycles. The quantitative estimate of drug-likeness (QED) is 0.754. The van der Waals surface area contributed by atoms with Crippen molar-refractivity contribution in [2.45, 2.75) is 45.1 Å². The minimum absolute atomic E-state index is 0.0375. The fraction of sp³-hybridized carbons (Fsp3) is 0.476. The molecule has 0 bridgehead atoms. The lowest BCUT2D eigenvalue weighted by Crippen LogP contribution is -2.43. The maximum atomic E-state index is 12.7. The smallest absolute Gasteiger partial charge is 0.225 e. The van der Waals surface area contributed by atoms with Crippen LogP contribution in [0.5, 0.6) is 0 Å². The summed E-state index contributed by atoms with van der Waals surface area (Å²) >= 11 is 0. The molecule has 1 saturated heterocycles. The zero-order chi connectivity index (χ0) is 18.9. The van der Waals surface area contributed by atoms with Gasteiger partial charge in [-0.1, -0.05) is 0 Å². The Balaban J connectivity index is 1.36. The number of rotatable bonds is 4. The van der Waals surface area contributed by atoms with E-state index < -0.39 is 0 Å². The first kappa shape index (κ1) is 17.3. The van der Waals surface area contributed by atoms with Crippen molar-refractivity contribution in [2.24, 2.45) is 5.92 Å². The van der Waals surface area contributed by atoms with Gasteiger partial charge < -0.3 is 14.6 Å². The molecule has 2 aliphatic rings. The summed E-state index contributed by atoms with van der Waals surface area (Å²) in [5.74, 6) is 1.80. The number of aromatic nitrogens is 3. The number of carbonyl (C=O) groups is 1. The van der Waals surface area contributed by atoms with Crippen LogP contribution in [-0.2, 0) is 24.2 Å². The largest absolute Gasteiger partial charge is 0.467 e. The van der Waals surface area contributed by atoms with Crippen LogP contribution in [0.15, 0.2) is 35.2 Å². The Morgan fingerprint density at radius 1 is 1.29 bits per heavy atom. The fourth-order valence-electron chi connectivity index (χ4n) is 4.49. The van der Waals surface area contributed by atoms with E-state index in [0.29, 0.717) is 13.1 Å². The molecule has 3 aromatic rings. The Hall–Kier alpha value is -2.83. The van der Waals surface area contributed by atoms with Crippen molar-refractivity contribution < 1.29 is 9.21 Å². The third-order valence-electron chi connectivity index (χ3n) is 5.91. The molecule has 1 atom stereocenters. The van der Waals surface area contributed by atoms with E-state index >= 15 is 0 Å². The first-order chi connectivity index (χ1) is 13.8. The molecule has 5 rings (SSSR count). The lowest BCUT2D eigenvalue weighted by Gasteiger charge is -2.33. The highest BCUT2D eigenvalue weighted by Gasteiger charge is 2.29. The van der Waals surface area contributed by atoms with Gasteiger partial charge >= 0.3 is 0 Å². The Kier molecular flexibility index (Phi) is 4.50. The first-order valence-corrected chi connectivity index (χ1v) is 10.2. The summed E-state index contributed by atoms with van der Waals surface area (Å²) in [7, 11) is 0. The van der Waals surface area contributed by atoms with E-state index in [1.54, 1.807) is 6.26 Å². The van der Waals surface area contributed by atoms with Crippen LogP contribution in [0, 0.1) is 5.92 Å². The van der Waals surface area contributed by atoms with Crippen molar-refractivity contribution in [3.05, 3.63) is 47.8 Å². The molecule has 0 aromatic carbocycles. The van der Waals surface area contributed by atoms with Gasteiger partial charge in [-0.05, 0) is 50.7 Å². The molecule has 4 heterocycles. The van der Waals surface area contributed by atoms with Crippen molar-refractivity contribution >= 4 is 17.2 Å². The van der Waals surface area contributed by atoms with Gasteiger partial charge in [0.1, 0.15) is 11.3 Å². The van der Waals surface area contributed by atoms with Crippen LogP contribution in [-0.4, -0.2) is 33.6 Å². The average Bonchev–Trinajstić information content (AvgIpc) is 3.39. The zero-order valence-electron chi connectivity index (χ0n) is 15.9. The number of nitrogens with zero attached hydrogens (tertiary/aromatic N) is 4. The number of anilines is 1. The van der Waals surface area contributed by atoms with Gasteiger partial charge in [-0.25, -0.2) is 9.50 Å². The van der Waals surface area contributed by atoms with Gasteiger partial charge in [-0.2, -0.15) is 5.10 Å². The summed E-state index contributed by atoms with van der Waals surface area (Å²) in [4.78, 5) is 19.7. The van der Waals surface area contributed by atoms with E-state index in [0.717, 1.165) is 49.3 Å². The van der Waals surface area contributed by atoms with Gasteiger partial charge in [0.2, 0.25) is 5.91 Å². The van der Waals surface area contributed by atoms with Gasteiger partial charge in [-0.3, -0.25) is 4.79 Å². The number of aryl methyl sites for hydroxylation is 2. The Morgan fingerprint density at radius 3 is 3.11 bits per heavy atom. The molecule has 0 unspecified atom stereocenters. The number of fused-ring (bicyclic) bond motifs is 3. The predicted octanol–water partition coefficient (Wildman–Crippen LogP) is 2.73. The SMILES string of the molecule is O=C(NCc1ccco1)[C@H]1CCCN(c2nccn3nc4c(c23)CCCC4)C1. The van der Waals surface area contributed by atoms with E-state index in [1.165, 1.54) is 24.1 Å².